The monoisotopic (exact) mass is 390 g/mol. The van der Waals surface area contributed by atoms with E-state index in [0.717, 1.165) is 11.5 Å². The number of ether oxygens (including phenoxy) is 4. The topological polar surface area (TPSA) is 55.4 Å². The number of rotatable bonds is 17. The van der Waals surface area contributed by atoms with Gasteiger partial charge in [-0.05, 0) is 12.1 Å². The minimum Gasteiger partial charge on any atom is -0.419 e. The summed E-state index contributed by atoms with van der Waals surface area (Å²) in [6, 6.07) is 2.35. The first-order chi connectivity index (χ1) is 10.8. The number of methoxy groups -OCH3 is 4. The molecule has 0 N–H and O–H groups in total. The summed E-state index contributed by atoms with van der Waals surface area (Å²) >= 11 is 0. The molecule has 0 unspecified atom stereocenters. The lowest BCUT2D eigenvalue weighted by atomic mass is 10.7. The van der Waals surface area contributed by atoms with Crippen LogP contribution in [-0.4, -0.2) is 85.3 Å². The lowest BCUT2D eigenvalue weighted by Crippen LogP contribution is -2.21. The van der Waals surface area contributed by atoms with Crippen molar-refractivity contribution in [3.8, 4) is 0 Å². The van der Waals surface area contributed by atoms with Crippen molar-refractivity contribution < 1.29 is 27.8 Å². The molecule has 0 spiro atoms. The summed E-state index contributed by atoms with van der Waals surface area (Å²) in [4.78, 5) is 0. The minimum atomic E-state index is -0.450. The Labute approximate surface area is 146 Å². The molecule has 0 aromatic rings. The molecule has 0 aliphatic carbocycles. The number of hydrogen-bond donors (Lipinski definition) is 0. The molecule has 0 aliphatic heterocycles. The molecule has 0 aliphatic rings. The van der Waals surface area contributed by atoms with Gasteiger partial charge in [0.2, 0.25) is 0 Å². The SMILES string of the molecule is COC(CO[SiH2]CCSSCC[SiH2]OCC(OC)OC)OC. The quantitative estimate of drug-likeness (QED) is 0.155. The first-order valence-electron chi connectivity index (χ1n) is 7.29. The van der Waals surface area contributed by atoms with Gasteiger partial charge in [-0.2, -0.15) is 0 Å². The highest BCUT2D eigenvalue weighted by Crippen LogP contribution is 2.22. The Balaban J connectivity index is 3.14. The molecule has 0 radical (unpaired) electrons. The maximum atomic E-state index is 5.61. The molecule has 0 saturated heterocycles. The van der Waals surface area contributed by atoms with E-state index in [1.807, 2.05) is 21.6 Å². The molecule has 0 fully saturated rings. The zero-order valence-electron chi connectivity index (χ0n) is 14.1. The lowest BCUT2D eigenvalue weighted by molar-refractivity contribution is -0.122. The van der Waals surface area contributed by atoms with Gasteiger partial charge in [0.15, 0.2) is 32.1 Å². The summed E-state index contributed by atoms with van der Waals surface area (Å²) < 4.78 is 31.5. The van der Waals surface area contributed by atoms with Crippen molar-refractivity contribution in [2.45, 2.75) is 24.7 Å². The van der Waals surface area contributed by atoms with E-state index in [4.69, 9.17) is 27.8 Å². The van der Waals surface area contributed by atoms with Gasteiger partial charge in [0.05, 0.1) is 13.2 Å². The second-order valence-electron chi connectivity index (χ2n) is 4.30. The van der Waals surface area contributed by atoms with Gasteiger partial charge in [-0.1, -0.05) is 21.6 Å². The van der Waals surface area contributed by atoms with Crippen molar-refractivity contribution >= 4 is 41.1 Å². The average molecular weight is 391 g/mol. The smallest absolute Gasteiger partial charge is 0.178 e. The van der Waals surface area contributed by atoms with Gasteiger partial charge in [-0.15, -0.1) is 0 Å². The van der Waals surface area contributed by atoms with Crippen LogP contribution in [0.25, 0.3) is 0 Å². The van der Waals surface area contributed by atoms with Crippen molar-refractivity contribution in [1.82, 2.24) is 0 Å². The second-order valence-corrected chi connectivity index (χ2v) is 10.1. The van der Waals surface area contributed by atoms with Crippen molar-refractivity contribution in [3.05, 3.63) is 0 Å². The van der Waals surface area contributed by atoms with Crippen LogP contribution >= 0.6 is 21.6 Å². The molecule has 0 saturated carbocycles. The molecular formula is C12H30O6S2Si2. The maximum Gasteiger partial charge on any atom is 0.178 e. The van der Waals surface area contributed by atoms with Gasteiger partial charge in [0.1, 0.15) is 0 Å². The van der Waals surface area contributed by atoms with Crippen molar-refractivity contribution in [2.24, 2.45) is 0 Å². The molecule has 0 aromatic heterocycles. The highest BCUT2D eigenvalue weighted by atomic mass is 33.1. The Kier molecular flexibility index (Phi) is 19.0. The summed E-state index contributed by atoms with van der Waals surface area (Å²) in [5.41, 5.74) is 0. The molecule has 0 amide bonds. The van der Waals surface area contributed by atoms with E-state index in [9.17, 15) is 0 Å². The van der Waals surface area contributed by atoms with Gasteiger partial charge in [-0.25, -0.2) is 0 Å². The molecule has 134 valence electrons. The maximum absolute atomic E-state index is 5.61. The van der Waals surface area contributed by atoms with Crippen molar-refractivity contribution in [3.63, 3.8) is 0 Å². The summed E-state index contributed by atoms with van der Waals surface area (Å²) in [7, 11) is 9.46. The minimum absolute atomic E-state index is 0.227. The van der Waals surface area contributed by atoms with Crippen LogP contribution in [0, 0.1) is 0 Å². The molecule has 0 heterocycles. The Bertz CT molecular complexity index is 202. The molecular weight excluding hydrogens is 360 g/mol. The Morgan fingerprint density at radius 3 is 1.36 bits per heavy atom. The van der Waals surface area contributed by atoms with Crippen LogP contribution in [0.4, 0.5) is 0 Å². The molecule has 0 atom stereocenters. The summed E-state index contributed by atoms with van der Waals surface area (Å²) in [5.74, 6) is 2.30. The second kappa shape index (κ2) is 18.2. The average Bonchev–Trinajstić information content (AvgIpc) is 2.55. The standard InChI is InChI=1S/C12H30O6S2Si2/c1-13-11(14-2)9-17-21-7-5-19-20-6-8-22-18-10-12(15-3)16-4/h11-12H,5-10,21-22H2,1-4H3. The molecule has 0 bridgehead atoms. The Hall–Kier alpha value is 0.894. The van der Waals surface area contributed by atoms with Gasteiger partial charge in [0.25, 0.3) is 0 Å². The van der Waals surface area contributed by atoms with Gasteiger partial charge < -0.3 is 27.8 Å². The van der Waals surface area contributed by atoms with E-state index in [1.165, 1.54) is 12.1 Å². The molecule has 6 nitrogen and oxygen atoms in total. The molecule has 10 heteroatoms. The van der Waals surface area contributed by atoms with Crippen LogP contribution in [0.5, 0.6) is 0 Å². The van der Waals surface area contributed by atoms with Crippen LogP contribution < -0.4 is 0 Å². The summed E-state index contributed by atoms with van der Waals surface area (Å²) in [5, 5.41) is 0. The third-order valence-electron chi connectivity index (χ3n) is 2.68. The van der Waals surface area contributed by atoms with E-state index in [-0.39, 0.29) is 12.6 Å². The normalized spacial score (nSPS) is 12.8. The first kappa shape index (κ1) is 22.9. The van der Waals surface area contributed by atoms with Crippen LogP contribution in [0.15, 0.2) is 0 Å². The largest absolute Gasteiger partial charge is 0.419 e. The summed E-state index contributed by atoms with van der Waals surface area (Å²) in [6.45, 7) is 1.09. The third kappa shape index (κ3) is 14.5. The van der Waals surface area contributed by atoms with Crippen molar-refractivity contribution in [2.75, 3.05) is 53.2 Å². The summed E-state index contributed by atoms with van der Waals surface area (Å²) in [6.07, 6.45) is -0.453. The lowest BCUT2D eigenvalue weighted by Gasteiger charge is -2.13. The van der Waals surface area contributed by atoms with E-state index < -0.39 is 19.5 Å². The molecule has 0 rings (SSSR count). The van der Waals surface area contributed by atoms with E-state index in [2.05, 4.69) is 0 Å². The fourth-order valence-corrected chi connectivity index (χ4v) is 7.46. The number of hydrogen-bond acceptors (Lipinski definition) is 8. The Morgan fingerprint density at radius 1 is 0.682 bits per heavy atom. The molecule has 0 aromatic carbocycles. The third-order valence-corrected chi connectivity index (χ3v) is 8.61. The fourth-order valence-electron chi connectivity index (χ4n) is 1.38. The highest BCUT2D eigenvalue weighted by molar-refractivity contribution is 8.76. The predicted molar refractivity (Wildman–Crippen MR) is 99.1 cm³/mol. The molecule has 22 heavy (non-hydrogen) atoms. The van der Waals surface area contributed by atoms with Crippen LogP contribution in [-0.2, 0) is 27.8 Å². The van der Waals surface area contributed by atoms with E-state index in [0.29, 0.717) is 13.2 Å². The Morgan fingerprint density at radius 2 is 1.05 bits per heavy atom. The van der Waals surface area contributed by atoms with Gasteiger partial charge in [-0.3, -0.25) is 0 Å². The van der Waals surface area contributed by atoms with Crippen molar-refractivity contribution in [1.29, 1.82) is 0 Å². The van der Waals surface area contributed by atoms with Gasteiger partial charge in [0, 0.05) is 39.9 Å². The van der Waals surface area contributed by atoms with Crippen LogP contribution in [0.3, 0.4) is 0 Å². The van der Waals surface area contributed by atoms with E-state index >= 15 is 0 Å². The predicted octanol–water partition coefficient (Wildman–Crippen LogP) is 0.643. The fraction of sp³-hybridized carbons (Fsp3) is 1.00. The van der Waals surface area contributed by atoms with E-state index in [1.54, 1.807) is 28.4 Å². The zero-order valence-corrected chi connectivity index (χ0v) is 18.5. The first-order valence-corrected chi connectivity index (χ1v) is 12.9. The zero-order chi connectivity index (χ0) is 16.5. The van der Waals surface area contributed by atoms with Crippen LogP contribution in [0.1, 0.15) is 0 Å². The highest BCUT2D eigenvalue weighted by Gasteiger charge is 2.05. The van der Waals surface area contributed by atoms with Gasteiger partial charge >= 0.3 is 0 Å². The van der Waals surface area contributed by atoms with Crippen LogP contribution in [0.2, 0.25) is 12.1 Å².